The molecule has 5 rings (SSSR count). The summed E-state index contributed by atoms with van der Waals surface area (Å²) in [5.74, 6) is 0.907. The lowest BCUT2D eigenvalue weighted by molar-refractivity contribution is -0.143. The van der Waals surface area contributed by atoms with E-state index in [1.165, 1.54) is 12.6 Å². The van der Waals surface area contributed by atoms with Crippen LogP contribution in [0.5, 0.6) is 0 Å². The minimum Gasteiger partial charge on any atom is -0.253 e. The Balaban J connectivity index is 1.51. The lowest BCUT2D eigenvalue weighted by Crippen LogP contribution is -2.58. The quantitative estimate of drug-likeness (QED) is 0.750. The summed E-state index contributed by atoms with van der Waals surface area (Å²) in [6, 6.07) is 8.41. The van der Waals surface area contributed by atoms with Gasteiger partial charge in [0, 0.05) is 11.6 Å². The summed E-state index contributed by atoms with van der Waals surface area (Å²) in [5, 5.41) is 4.13. The van der Waals surface area contributed by atoms with Gasteiger partial charge in [-0.3, -0.25) is 5.43 Å². The number of alkyl halides is 3. The molecule has 2 bridgehead atoms. The minimum absolute atomic E-state index is 0.168. The van der Waals surface area contributed by atoms with Crippen LogP contribution in [0.2, 0.25) is 0 Å². The van der Waals surface area contributed by atoms with E-state index in [-0.39, 0.29) is 16.4 Å². The minimum atomic E-state index is -4.49. The number of nitrogens with one attached hydrogen (secondary N) is 2. The monoisotopic (exact) mass is 404 g/mol. The summed E-state index contributed by atoms with van der Waals surface area (Å²) in [6.07, 6.45) is -0.0694. The summed E-state index contributed by atoms with van der Waals surface area (Å²) in [6.45, 7) is 6.99. The fourth-order valence-corrected chi connectivity index (χ4v) is 6.53. The van der Waals surface area contributed by atoms with E-state index in [0.717, 1.165) is 11.1 Å². The maximum absolute atomic E-state index is 14.1. The van der Waals surface area contributed by atoms with Gasteiger partial charge in [0.2, 0.25) is 0 Å². The van der Waals surface area contributed by atoms with Crippen molar-refractivity contribution in [2.24, 2.45) is 22.7 Å². The number of halogens is 3. The molecular formula is C22H27F3N4. The molecule has 7 heteroatoms. The maximum atomic E-state index is 14.1. The van der Waals surface area contributed by atoms with Gasteiger partial charge in [-0.15, -0.1) is 0 Å². The molecule has 3 aliphatic rings. The van der Waals surface area contributed by atoms with Crippen LogP contribution in [0.4, 0.5) is 13.2 Å². The van der Waals surface area contributed by atoms with Crippen molar-refractivity contribution in [2.45, 2.75) is 58.3 Å². The first-order valence-corrected chi connectivity index (χ1v) is 10.4. The number of hydrogen-bond acceptors (Lipinski definition) is 3. The highest BCUT2D eigenvalue weighted by molar-refractivity contribution is 5.37. The van der Waals surface area contributed by atoms with Gasteiger partial charge in [-0.05, 0) is 54.1 Å². The molecule has 29 heavy (non-hydrogen) atoms. The van der Waals surface area contributed by atoms with Crippen LogP contribution in [-0.4, -0.2) is 15.8 Å². The van der Waals surface area contributed by atoms with Gasteiger partial charge >= 0.3 is 6.18 Å². The predicted octanol–water partition coefficient (Wildman–Crippen LogP) is 4.87. The molecule has 5 atom stereocenters. The maximum Gasteiger partial charge on any atom is 0.433 e. The number of para-hydroxylation sites is 1. The Bertz CT molecular complexity index is 920. The standard InChI is InChI=1S/C22H27F3N4/c1-20(2)16-9-10-21(20,3)18-14(16)11-17(27-28-18)15-12-26-29(19(15)22(23,24)25)13-7-5-4-6-8-13/h4-8,12,14,16-18,27-28H,9-11H2,1-3H3/t14?,16-,17?,18?,21-/m1/s1. The van der Waals surface area contributed by atoms with Crippen molar-refractivity contribution in [3.05, 3.63) is 47.8 Å². The Hall–Kier alpha value is -1.86. The van der Waals surface area contributed by atoms with Crippen LogP contribution < -0.4 is 10.9 Å². The zero-order valence-electron chi connectivity index (χ0n) is 16.9. The zero-order chi connectivity index (χ0) is 20.6. The summed E-state index contributed by atoms with van der Waals surface area (Å²) in [4.78, 5) is 0. The van der Waals surface area contributed by atoms with E-state index in [2.05, 4.69) is 36.7 Å². The molecule has 0 amide bonds. The Kier molecular flexibility index (Phi) is 4.01. The second-order valence-corrected chi connectivity index (χ2v) is 9.70. The second-order valence-electron chi connectivity index (χ2n) is 9.70. The number of aromatic nitrogens is 2. The molecule has 2 heterocycles. The molecule has 1 aromatic carbocycles. The van der Waals surface area contributed by atoms with Crippen LogP contribution in [-0.2, 0) is 6.18 Å². The number of hydrazine groups is 1. The lowest BCUT2D eigenvalue weighted by Gasteiger charge is -2.45. The van der Waals surface area contributed by atoms with Gasteiger partial charge in [0.15, 0.2) is 5.69 Å². The van der Waals surface area contributed by atoms with Crippen molar-refractivity contribution in [2.75, 3.05) is 0 Å². The number of fused-ring (bicyclic) bond motifs is 5. The first-order chi connectivity index (χ1) is 13.6. The third kappa shape index (κ3) is 2.56. The van der Waals surface area contributed by atoms with E-state index in [1.807, 2.05) is 0 Å². The van der Waals surface area contributed by atoms with Gasteiger partial charge in [-0.25, -0.2) is 10.1 Å². The Morgan fingerprint density at radius 1 is 1.10 bits per heavy atom. The van der Waals surface area contributed by atoms with Crippen LogP contribution in [0.25, 0.3) is 5.69 Å². The van der Waals surface area contributed by atoms with Crippen LogP contribution in [0, 0.1) is 22.7 Å². The molecule has 2 N–H and O–H groups in total. The van der Waals surface area contributed by atoms with Crippen molar-refractivity contribution in [3.8, 4) is 5.69 Å². The Morgan fingerprint density at radius 3 is 2.52 bits per heavy atom. The van der Waals surface area contributed by atoms with Crippen LogP contribution in [0.3, 0.4) is 0 Å². The zero-order valence-corrected chi connectivity index (χ0v) is 16.9. The molecular weight excluding hydrogens is 377 g/mol. The molecule has 156 valence electrons. The molecule has 2 aromatic rings. The average Bonchev–Trinajstić information content (AvgIpc) is 3.27. The fraction of sp³-hybridized carbons (Fsp3) is 0.591. The number of rotatable bonds is 2. The Labute approximate surface area is 168 Å². The Morgan fingerprint density at radius 2 is 1.83 bits per heavy atom. The first kappa shape index (κ1) is 19.1. The number of nitrogens with zero attached hydrogens (tertiary/aromatic N) is 2. The van der Waals surface area contributed by atoms with Crippen LogP contribution in [0.15, 0.2) is 36.5 Å². The van der Waals surface area contributed by atoms with E-state index in [1.54, 1.807) is 30.3 Å². The molecule has 0 radical (unpaired) electrons. The molecule has 2 aliphatic carbocycles. The van der Waals surface area contributed by atoms with Gasteiger partial charge in [-0.1, -0.05) is 39.0 Å². The van der Waals surface area contributed by atoms with Crippen LogP contribution >= 0.6 is 0 Å². The van der Waals surface area contributed by atoms with Crippen molar-refractivity contribution in [1.82, 2.24) is 20.6 Å². The van der Waals surface area contributed by atoms with Crippen molar-refractivity contribution in [3.63, 3.8) is 0 Å². The third-order valence-corrected chi connectivity index (χ3v) is 8.37. The summed E-state index contributed by atoms with van der Waals surface area (Å²) in [5.41, 5.74) is 6.97. The number of benzene rings is 1. The molecule has 1 aromatic heterocycles. The van der Waals surface area contributed by atoms with E-state index in [9.17, 15) is 13.2 Å². The van der Waals surface area contributed by atoms with E-state index < -0.39 is 17.9 Å². The SMILES string of the molecule is CC1(C)[C@@H]2CC[C@]1(C)C1NNC(c3cnn(-c4ccccc4)c3C(F)(F)F)CC12. The highest BCUT2D eigenvalue weighted by atomic mass is 19.4. The summed E-state index contributed by atoms with van der Waals surface area (Å²) in [7, 11) is 0. The van der Waals surface area contributed by atoms with Crippen LogP contribution in [0.1, 0.15) is 57.3 Å². The average molecular weight is 404 g/mol. The van der Waals surface area contributed by atoms with Gasteiger partial charge in [-0.2, -0.15) is 18.3 Å². The molecule has 3 unspecified atom stereocenters. The largest absolute Gasteiger partial charge is 0.433 e. The fourth-order valence-electron chi connectivity index (χ4n) is 6.53. The molecule has 0 spiro atoms. The predicted molar refractivity (Wildman–Crippen MR) is 104 cm³/mol. The molecule has 1 saturated heterocycles. The normalized spacial score (nSPS) is 35.7. The highest BCUT2D eigenvalue weighted by Crippen LogP contribution is 2.69. The van der Waals surface area contributed by atoms with Gasteiger partial charge in [0.25, 0.3) is 0 Å². The van der Waals surface area contributed by atoms with Crippen molar-refractivity contribution in [1.29, 1.82) is 0 Å². The molecule has 3 fully saturated rings. The summed E-state index contributed by atoms with van der Waals surface area (Å²) < 4.78 is 43.3. The smallest absolute Gasteiger partial charge is 0.253 e. The van der Waals surface area contributed by atoms with Gasteiger partial charge in [0.05, 0.1) is 17.9 Å². The van der Waals surface area contributed by atoms with Crippen molar-refractivity contribution < 1.29 is 13.2 Å². The van der Waals surface area contributed by atoms with Crippen molar-refractivity contribution >= 4 is 0 Å². The van der Waals surface area contributed by atoms with E-state index >= 15 is 0 Å². The lowest BCUT2D eigenvalue weighted by atomic mass is 9.69. The first-order valence-electron chi connectivity index (χ1n) is 10.4. The van der Waals surface area contributed by atoms with E-state index in [4.69, 9.17) is 0 Å². The summed E-state index contributed by atoms with van der Waals surface area (Å²) >= 11 is 0. The molecule has 1 aliphatic heterocycles. The molecule has 4 nitrogen and oxygen atoms in total. The highest BCUT2D eigenvalue weighted by Gasteiger charge is 2.67. The third-order valence-electron chi connectivity index (χ3n) is 8.37. The van der Waals surface area contributed by atoms with E-state index in [0.29, 0.717) is 30.0 Å². The number of hydrogen-bond donors (Lipinski definition) is 2. The topological polar surface area (TPSA) is 41.9 Å². The molecule has 2 saturated carbocycles. The second kappa shape index (κ2) is 6.08. The van der Waals surface area contributed by atoms with Gasteiger partial charge < -0.3 is 0 Å². The van der Waals surface area contributed by atoms with Gasteiger partial charge in [0.1, 0.15) is 0 Å².